The van der Waals surface area contributed by atoms with Crippen molar-refractivity contribution >= 4 is 17.5 Å². The zero-order valence-corrected chi connectivity index (χ0v) is 15.9. The lowest BCUT2D eigenvalue weighted by Crippen LogP contribution is -2.39. The summed E-state index contributed by atoms with van der Waals surface area (Å²) in [6.07, 6.45) is 7.34. The van der Waals surface area contributed by atoms with E-state index in [2.05, 4.69) is 15.2 Å². The van der Waals surface area contributed by atoms with Crippen LogP contribution in [0.2, 0.25) is 5.02 Å². The maximum absolute atomic E-state index is 12.9. The number of carbonyl (C=O) groups excluding carboxylic acids is 1. The molecule has 3 heterocycles. The van der Waals surface area contributed by atoms with Crippen molar-refractivity contribution in [2.45, 2.75) is 25.3 Å². The molecule has 140 valence electrons. The number of halogens is 1. The van der Waals surface area contributed by atoms with Gasteiger partial charge in [-0.25, -0.2) is 4.98 Å². The number of likely N-dealkylation sites (tertiary alicyclic amines) is 1. The monoisotopic (exact) mass is 384 g/mol. The topological polar surface area (TPSA) is 68.8 Å². The minimum atomic E-state index is -0.0221. The normalized spacial score (nSPS) is 17.3. The zero-order valence-electron chi connectivity index (χ0n) is 15.1. The summed E-state index contributed by atoms with van der Waals surface area (Å²) in [5.74, 6) is 1.93. The Labute approximate surface area is 162 Å². The fraction of sp³-hybridized carbons (Fsp3) is 0.368. The summed E-state index contributed by atoms with van der Waals surface area (Å²) in [5, 5.41) is 9.26. The van der Waals surface area contributed by atoms with Gasteiger partial charge in [0.25, 0.3) is 5.91 Å². The first-order chi connectivity index (χ1) is 13.1. The Morgan fingerprint density at radius 2 is 2.15 bits per heavy atom. The zero-order chi connectivity index (χ0) is 18.8. The molecule has 2 aromatic heterocycles. The quantitative estimate of drug-likeness (QED) is 0.693. The standard InChI is InChI=1S/C19H21ClN6O/c1-24-17(12-25-10-8-21-13-25)22-23-18(24)14-5-4-9-26(11-14)19(27)15-6-2-3-7-16(15)20/h2-3,6-8,10,13-14H,4-5,9,11-12H2,1H3. The van der Waals surface area contributed by atoms with E-state index in [1.54, 1.807) is 24.7 Å². The van der Waals surface area contributed by atoms with E-state index in [0.29, 0.717) is 23.7 Å². The maximum atomic E-state index is 12.9. The van der Waals surface area contributed by atoms with Crippen molar-refractivity contribution in [3.05, 3.63) is 65.2 Å². The molecule has 0 aliphatic carbocycles. The minimum Gasteiger partial charge on any atom is -0.338 e. The Hall–Kier alpha value is -2.67. The average molecular weight is 385 g/mol. The third-order valence-corrected chi connectivity index (χ3v) is 5.39. The van der Waals surface area contributed by atoms with Crippen molar-refractivity contribution in [3.8, 4) is 0 Å². The lowest BCUT2D eigenvalue weighted by Gasteiger charge is -2.32. The van der Waals surface area contributed by atoms with Crippen LogP contribution in [0.5, 0.6) is 0 Å². The van der Waals surface area contributed by atoms with Gasteiger partial charge >= 0.3 is 0 Å². The molecule has 7 nitrogen and oxygen atoms in total. The second-order valence-electron chi connectivity index (χ2n) is 6.84. The molecule has 1 atom stereocenters. The van der Waals surface area contributed by atoms with Crippen LogP contribution in [0, 0.1) is 0 Å². The van der Waals surface area contributed by atoms with E-state index in [-0.39, 0.29) is 11.8 Å². The molecule has 1 saturated heterocycles. The van der Waals surface area contributed by atoms with Crippen molar-refractivity contribution < 1.29 is 4.79 Å². The predicted molar refractivity (Wildman–Crippen MR) is 102 cm³/mol. The van der Waals surface area contributed by atoms with E-state index in [9.17, 15) is 4.79 Å². The molecule has 1 amide bonds. The molecular weight excluding hydrogens is 364 g/mol. The summed E-state index contributed by atoms with van der Waals surface area (Å²) in [6.45, 7) is 1.99. The molecule has 27 heavy (non-hydrogen) atoms. The van der Waals surface area contributed by atoms with Gasteiger partial charge < -0.3 is 14.0 Å². The number of hydrogen-bond acceptors (Lipinski definition) is 4. The number of imidazole rings is 1. The first-order valence-electron chi connectivity index (χ1n) is 9.01. The fourth-order valence-electron chi connectivity index (χ4n) is 3.59. The Morgan fingerprint density at radius 3 is 2.93 bits per heavy atom. The van der Waals surface area contributed by atoms with Crippen LogP contribution in [-0.4, -0.2) is 48.2 Å². The summed E-state index contributed by atoms with van der Waals surface area (Å²) in [7, 11) is 1.98. The molecule has 1 unspecified atom stereocenters. The van der Waals surface area contributed by atoms with E-state index in [1.165, 1.54) is 0 Å². The molecule has 0 spiro atoms. The molecule has 0 saturated carbocycles. The van der Waals surface area contributed by atoms with Gasteiger partial charge in [-0.3, -0.25) is 4.79 Å². The first-order valence-corrected chi connectivity index (χ1v) is 9.39. The van der Waals surface area contributed by atoms with Crippen molar-refractivity contribution in [1.29, 1.82) is 0 Å². The highest BCUT2D eigenvalue weighted by Crippen LogP contribution is 2.28. The Morgan fingerprint density at radius 1 is 1.30 bits per heavy atom. The summed E-state index contributed by atoms with van der Waals surface area (Å²) in [4.78, 5) is 18.8. The second-order valence-corrected chi connectivity index (χ2v) is 7.25. The van der Waals surface area contributed by atoms with Crippen LogP contribution in [0.25, 0.3) is 0 Å². The van der Waals surface area contributed by atoms with Gasteiger partial charge in [0.2, 0.25) is 0 Å². The molecule has 8 heteroatoms. The highest BCUT2D eigenvalue weighted by molar-refractivity contribution is 6.33. The van der Waals surface area contributed by atoms with E-state index >= 15 is 0 Å². The molecule has 0 N–H and O–H groups in total. The van der Waals surface area contributed by atoms with E-state index in [4.69, 9.17) is 11.6 Å². The van der Waals surface area contributed by atoms with Crippen molar-refractivity contribution in [1.82, 2.24) is 29.2 Å². The largest absolute Gasteiger partial charge is 0.338 e. The molecule has 1 fully saturated rings. The average Bonchev–Trinajstić information content (AvgIpc) is 3.32. The van der Waals surface area contributed by atoms with Gasteiger partial charge in [0, 0.05) is 38.4 Å². The van der Waals surface area contributed by atoms with Crippen molar-refractivity contribution in [2.75, 3.05) is 13.1 Å². The molecule has 3 aromatic rings. The summed E-state index contributed by atoms with van der Waals surface area (Å²) in [5.41, 5.74) is 0.554. The Kier molecular flexibility index (Phi) is 4.94. The highest BCUT2D eigenvalue weighted by atomic mass is 35.5. The lowest BCUT2D eigenvalue weighted by molar-refractivity contribution is 0.0703. The van der Waals surface area contributed by atoms with Gasteiger partial charge in [-0.05, 0) is 25.0 Å². The van der Waals surface area contributed by atoms with Crippen LogP contribution >= 0.6 is 11.6 Å². The number of aromatic nitrogens is 5. The third-order valence-electron chi connectivity index (χ3n) is 5.06. The van der Waals surface area contributed by atoms with Gasteiger partial charge in [-0.1, -0.05) is 23.7 Å². The van der Waals surface area contributed by atoms with E-state index in [1.807, 2.05) is 39.4 Å². The van der Waals surface area contributed by atoms with Crippen molar-refractivity contribution in [2.24, 2.45) is 7.05 Å². The third kappa shape index (κ3) is 3.60. The molecule has 4 rings (SSSR count). The summed E-state index contributed by atoms with van der Waals surface area (Å²) in [6, 6.07) is 7.20. The van der Waals surface area contributed by atoms with Crippen LogP contribution in [0.1, 0.15) is 40.8 Å². The van der Waals surface area contributed by atoms with E-state index in [0.717, 1.165) is 31.0 Å². The second kappa shape index (κ2) is 7.52. The van der Waals surface area contributed by atoms with Crippen LogP contribution < -0.4 is 0 Å². The molecule has 1 aliphatic heterocycles. The fourth-order valence-corrected chi connectivity index (χ4v) is 3.81. The Bertz CT molecular complexity index is 936. The van der Waals surface area contributed by atoms with Gasteiger partial charge in [0.15, 0.2) is 5.82 Å². The highest BCUT2D eigenvalue weighted by Gasteiger charge is 2.29. The van der Waals surface area contributed by atoms with Gasteiger partial charge in [-0.2, -0.15) is 0 Å². The van der Waals surface area contributed by atoms with Crippen LogP contribution in [0.3, 0.4) is 0 Å². The molecule has 0 bridgehead atoms. The molecular formula is C19H21ClN6O. The minimum absolute atomic E-state index is 0.0221. The maximum Gasteiger partial charge on any atom is 0.255 e. The molecule has 1 aliphatic rings. The number of amides is 1. The Balaban J connectivity index is 1.51. The number of nitrogens with zero attached hydrogens (tertiary/aromatic N) is 6. The van der Waals surface area contributed by atoms with Crippen LogP contribution in [-0.2, 0) is 13.6 Å². The SMILES string of the molecule is Cn1c(Cn2ccnc2)nnc1C1CCCN(C(=O)c2ccccc2Cl)C1. The van der Waals surface area contributed by atoms with Crippen molar-refractivity contribution in [3.63, 3.8) is 0 Å². The molecule has 1 aromatic carbocycles. The lowest BCUT2D eigenvalue weighted by atomic mass is 9.96. The van der Waals surface area contributed by atoms with E-state index < -0.39 is 0 Å². The van der Waals surface area contributed by atoms with Crippen LogP contribution in [0.15, 0.2) is 43.0 Å². The van der Waals surface area contributed by atoms with Gasteiger partial charge in [0.05, 0.1) is 23.5 Å². The summed E-state index contributed by atoms with van der Waals surface area (Å²) >= 11 is 6.21. The smallest absolute Gasteiger partial charge is 0.255 e. The number of rotatable bonds is 4. The van der Waals surface area contributed by atoms with Crippen LogP contribution in [0.4, 0.5) is 0 Å². The van der Waals surface area contributed by atoms with Gasteiger partial charge in [-0.15, -0.1) is 10.2 Å². The number of piperidine rings is 1. The summed E-state index contributed by atoms with van der Waals surface area (Å²) < 4.78 is 4.00. The molecule has 0 radical (unpaired) electrons. The predicted octanol–water partition coefficient (Wildman–Crippen LogP) is 2.73. The first kappa shape index (κ1) is 17.7. The van der Waals surface area contributed by atoms with Gasteiger partial charge in [0.1, 0.15) is 5.82 Å². The number of benzene rings is 1. The number of carbonyl (C=O) groups is 1. The number of hydrogen-bond donors (Lipinski definition) is 0.